The van der Waals surface area contributed by atoms with E-state index in [4.69, 9.17) is 16.3 Å². The second kappa shape index (κ2) is 10.8. The maximum Gasteiger partial charge on any atom is 0.281 e. The van der Waals surface area contributed by atoms with Crippen LogP contribution in [0.2, 0.25) is 5.02 Å². The second-order valence-electron chi connectivity index (χ2n) is 8.96. The summed E-state index contributed by atoms with van der Waals surface area (Å²) in [5.74, 6) is -1.53. The van der Waals surface area contributed by atoms with Crippen molar-refractivity contribution in [2.75, 3.05) is 12.4 Å². The normalized spacial score (nSPS) is 11.6. The van der Waals surface area contributed by atoms with Crippen LogP contribution in [0.1, 0.15) is 44.1 Å². The Hall–Kier alpha value is -3.56. The Morgan fingerprint density at radius 3 is 2.46 bits per heavy atom. The topological polar surface area (TPSA) is 110 Å². The maximum atomic E-state index is 13.1. The lowest BCUT2D eigenvalue weighted by molar-refractivity contribution is 0.0976. The minimum atomic E-state index is -4.22. The van der Waals surface area contributed by atoms with Crippen molar-refractivity contribution < 1.29 is 22.7 Å². The Morgan fingerprint density at radius 2 is 1.78 bits per heavy atom. The number of ketones is 1. The molecule has 0 saturated heterocycles. The van der Waals surface area contributed by atoms with Crippen molar-refractivity contribution >= 4 is 44.2 Å². The lowest BCUT2D eigenvalue weighted by atomic mass is 10.1. The molecule has 8 nitrogen and oxygen atoms in total. The molecule has 0 bridgehead atoms. The van der Waals surface area contributed by atoms with Crippen LogP contribution in [0, 0.1) is 13.8 Å². The number of nitrogens with one attached hydrogen (secondary N) is 2. The molecule has 194 valence electrons. The predicted molar refractivity (Wildman–Crippen MR) is 144 cm³/mol. The molecule has 0 aliphatic rings. The average Bonchev–Trinajstić information content (AvgIpc) is 3.43. The van der Waals surface area contributed by atoms with E-state index in [1.165, 1.54) is 10.6 Å². The molecule has 0 saturated carbocycles. The number of Topliss-reactive ketones (excluding diaryl/α,β-unsaturated/α-hetero) is 1. The zero-order valence-corrected chi connectivity index (χ0v) is 22.4. The third-order valence-electron chi connectivity index (χ3n) is 6.09. The monoisotopic (exact) mass is 541 g/mol. The molecule has 10 heteroatoms. The zero-order valence-electron chi connectivity index (χ0n) is 20.8. The van der Waals surface area contributed by atoms with Crippen molar-refractivity contribution in [3.63, 3.8) is 0 Å². The van der Waals surface area contributed by atoms with Crippen LogP contribution in [0.5, 0.6) is 5.75 Å². The number of fused-ring (bicyclic) bond motifs is 1. The highest BCUT2D eigenvalue weighted by atomic mass is 35.5. The summed E-state index contributed by atoms with van der Waals surface area (Å²) in [6.45, 7) is 4.23. The third-order valence-corrected chi connectivity index (χ3v) is 7.82. The Kier molecular flexibility index (Phi) is 7.75. The van der Waals surface area contributed by atoms with Crippen LogP contribution < -0.4 is 9.46 Å². The minimum absolute atomic E-state index is 0.147. The van der Waals surface area contributed by atoms with Crippen LogP contribution in [0.25, 0.3) is 10.9 Å². The largest absolute Gasteiger partial charge is 0.494 e. The summed E-state index contributed by atoms with van der Waals surface area (Å²) in [6, 6.07) is 14.3. The number of para-hydroxylation sites is 1. The smallest absolute Gasteiger partial charge is 0.281 e. The molecule has 2 N–H and O–H groups in total. The summed E-state index contributed by atoms with van der Waals surface area (Å²) in [7, 11) is -2.57. The number of hydrogen-bond acceptors (Lipinski definition) is 5. The molecule has 0 spiro atoms. The van der Waals surface area contributed by atoms with E-state index in [2.05, 4.69) is 4.98 Å². The standard InChI is InChI=1S/C27H28ClN3O5S/c1-17-14-19(15-18(2)25(17)28)36-13-7-9-21-20-8-4-5-10-22(20)29-26(21)27(33)30-37(34,35)16-24(32)23-11-6-12-31(23)3/h4-6,8,10-12,14-15,29H,7,9,13,16H2,1-3H3,(H,30,33). The van der Waals surface area contributed by atoms with E-state index in [0.717, 1.165) is 16.5 Å². The molecule has 2 heterocycles. The average molecular weight is 542 g/mol. The van der Waals surface area contributed by atoms with Crippen LogP contribution >= 0.6 is 11.6 Å². The number of aromatic nitrogens is 2. The molecular formula is C27H28ClN3O5S. The highest BCUT2D eigenvalue weighted by Crippen LogP contribution is 2.27. The van der Waals surface area contributed by atoms with Crippen molar-refractivity contribution in [1.82, 2.24) is 14.3 Å². The summed E-state index contributed by atoms with van der Waals surface area (Å²) in [4.78, 5) is 28.5. The molecule has 0 unspecified atom stereocenters. The number of nitrogens with zero attached hydrogens (tertiary/aromatic N) is 1. The quantitative estimate of drug-likeness (QED) is 0.223. The Morgan fingerprint density at radius 1 is 1.08 bits per heavy atom. The first-order valence-corrected chi connectivity index (χ1v) is 13.8. The zero-order chi connectivity index (χ0) is 26.7. The first kappa shape index (κ1) is 26.5. The number of carbonyl (C=O) groups is 2. The van der Waals surface area contributed by atoms with E-state index in [-0.39, 0.29) is 11.4 Å². The van der Waals surface area contributed by atoms with E-state index in [0.29, 0.717) is 41.3 Å². The molecule has 0 fully saturated rings. The van der Waals surface area contributed by atoms with Crippen LogP contribution in [0.3, 0.4) is 0 Å². The summed E-state index contributed by atoms with van der Waals surface area (Å²) < 4.78 is 34.8. The second-order valence-corrected chi connectivity index (χ2v) is 11.1. The number of aromatic amines is 1. The van der Waals surface area contributed by atoms with E-state index >= 15 is 0 Å². The molecular weight excluding hydrogens is 514 g/mol. The fourth-order valence-corrected chi connectivity index (χ4v) is 5.37. The van der Waals surface area contributed by atoms with Gasteiger partial charge in [0.1, 0.15) is 17.2 Å². The molecule has 4 aromatic rings. The van der Waals surface area contributed by atoms with Crippen molar-refractivity contribution in [3.05, 3.63) is 87.8 Å². The Bertz CT molecular complexity index is 1560. The van der Waals surface area contributed by atoms with Crippen molar-refractivity contribution in [3.8, 4) is 5.75 Å². The van der Waals surface area contributed by atoms with Crippen LogP contribution in [-0.4, -0.2) is 42.0 Å². The van der Waals surface area contributed by atoms with Crippen molar-refractivity contribution in [2.24, 2.45) is 7.05 Å². The summed E-state index contributed by atoms with van der Waals surface area (Å²) >= 11 is 6.23. The van der Waals surface area contributed by atoms with Gasteiger partial charge in [0.2, 0.25) is 10.0 Å². The van der Waals surface area contributed by atoms with Crippen molar-refractivity contribution in [1.29, 1.82) is 0 Å². The number of carbonyl (C=O) groups excluding carboxylic acids is 2. The molecule has 1 amide bonds. The van der Waals surface area contributed by atoms with Gasteiger partial charge in [-0.1, -0.05) is 29.8 Å². The molecule has 0 aliphatic heterocycles. The van der Waals surface area contributed by atoms with Gasteiger partial charge in [0.25, 0.3) is 5.91 Å². The number of rotatable bonds is 10. The molecule has 4 rings (SSSR count). The lowest BCUT2D eigenvalue weighted by Gasteiger charge is -2.11. The van der Waals surface area contributed by atoms with Gasteiger partial charge in [0, 0.05) is 29.2 Å². The van der Waals surface area contributed by atoms with E-state index in [1.807, 2.05) is 55.0 Å². The molecule has 0 atom stereocenters. The summed E-state index contributed by atoms with van der Waals surface area (Å²) in [6.07, 6.45) is 2.70. The number of ether oxygens (including phenoxy) is 1. The van der Waals surface area contributed by atoms with Gasteiger partial charge in [-0.05, 0) is 73.7 Å². The van der Waals surface area contributed by atoms with Gasteiger partial charge >= 0.3 is 0 Å². The van der Waals surface area contributed by atoms with Gasteiger partial charge in [0.05, 0.1) is 12.3 Å². The Balaban J connectivity index is 1.47. The molecule has 0 radical (unpaired) electrons. The lowest BCUT2D eigenvalue weighted by Crippen LogP contribution is -2.36. The van der Waals surface area contributed by atoms with E-state index in [1.54, 1.807) is 19.3 Å². The molecule has 0 aliphatic carbocycles. The van der Waals surface area contributed by atoms with Gasteiger partial charge < -0.3 is 14.3 Å². The van der Waals surface area contributed by atoms with Gasteiger partial charge in [0.15, 0.2) is 5.78 Å². The number of hydrogen-bond donors (Lipinski definition) is 2. The highest BCUT2D eigenvalue weighted by Gasteiger charge is 2.25. The van der Waals surface area contributed by atoms with Gasteiger partial charge in [-0.3, -0.25) is 9.59 Å². The predicted octanol–water partition coefficient (Wildman–Crippen LogP) is 4.73. The first-order valence-electron chi connectivity index (χ1n) is 11.7. The van der Waals surface area contributed by atoms with E-state index < -0.39 is 27.5 Å². The van der Waals surface area contributed by atoms with E-state index in [9.17, 15) is 18.0 Å². The van der Waals surface area contributed by atoms with Gasteiger partial charge in [-0.2, -0.15) is 0 Å². The molecule has 2 aromatic carbocycles. The van der Waals surface area contributed by atoms with Crippen molar-refractivity contribution in [2.45, 2.75) is 26.7 Å². The number of sulfonamides is 1. The van der Waals surface area contributed by atoms with Gasteiger partial charge in [-0.15, -0.1) is 0 Å². The number of benzene rings is 2. The molecule has 2 aromatic heterocycles. The number of amides is 1. The van der Waals surface area contributed by atoms with Crippen LogP contribution in [0.15, 0.2) is 54.7 Å². The number of halogens is 1. The maximum absolute atomic E-state index is 13.1. The van der Waals surface area contributed by atoms with Crippen LogP contribution in [0.4, 0.5) is 0 Å². The number of H-pyrrole nitrogens is 1. The van der Waals surface area contributed by atoms with Crippen LogP contribution in [-0.2, 0) is 23.5 Å². The molecule has 37 heavy (non-hydrogen) atoms. The SMILES string of the molecule is Cc1cc(OCCCc2c(C(=O)NS(=O)(=O)CC(=O)c3cccn3C)[nH]c3ccccc23)cc(C)c1Cl. The third kappa shape index (κ3) is 6.06. The minimum Gasteiger partial charge on any atom is -0.494 e. The summed E-state index contributed by atoms with van der Waals surface area (Å²) in [5.41, 5.74) is 3.65. The number of aryl methyl sites for hydroxylation is 4. The van der Waals surface area contributed by atoms with Gasteiger partial charge in [-0.25, -0.2) is 13.1 Å². The Labute approximate surface area is 220 Å². The first-order chi connectivity index (χ1) is 17.6. The fourth-order valence-electron chi connectivity index (χ4n) is 4.31. The fraction of sp³-hybridized carbons (Fsp3) is 0.259. The highest BCUT2D eigenvalue weighted by molar-refractivity contribution is 7.90. The summed E-state index contributed by atoms with van der Waals surface area (Å²) in [5, 5.41) is 1.53.